The largest absolute Gasteiger partial charge is 0.349 e. The van der Waals surface area contributed by atoms with Gasteiger partial charge in [0.2, 0.25) is 5.91 Å². The average Bonchev–Trinajstić information content (AvgIpc) is 2.38. The molecular formula is C16H19NO2. The maximum atomic E-state index is 11.3. The van der Waals surface area contributed by atoms with Crippen LogP contribution in [0.4, 0.5) is 0 Å². The summed E-state index contributed by atoms with van der Waals surface area (Å²) >= 11 is 0. The van der Waals surface area contributed by atoms with Gasteiger partial charge >= 0.3 is 0 Å². The van der Waals surface area contributed by atoms with E-state index in [0.717, 1.165) is 12.0 Å². The number of hydrogen-bond donors (Lipinski definition) is 0. The first-order valence-corrected chi connectivity index (χ1v) is 6.30. The van der Waals surface area contributed by atoms with Crippen LogP contribution in [0.1, 0.15) is 42.1 Å². The Kier molecular flexibility index (Phi) is 5.81. The van der Waals surface area contributed by atoms with Crippen molar-refractivity contribution in [3.63, 3.8) is 0 Å². The lowest BCUT2D eigenvalue weighted by molar-refractivity contribution is -0.128. The molecule has 19 heavy (non-hydrogen) atoms. The molecule has 3 heteroatoms. The number of Topliss-reactive ketones (excluding diaryl/α,β-unsaturated/α-hetero) is 1. The number of ketones is 1. The van der Waals surface area contributed by atoms with E-state index < -0.39 is 0 Å². The lowest BCUT2D eigenvalue weighted by atomic mass is 10.1. The van der Waals surface area contributed by atoms with Crippen molar-refractivity contribution in [2.45, 2.75) is 26.2 Å². The number of nitrogens with zero attached hydrogens (tertiary/aromatic N) is 1. The smallest absolute Gasteiger partial charge is 0.222 e. The molecule has 100 valence electrons. The van der Waals surface area contributed by atoms with Gasteiger partial charge in [-0.2, -0.15) is 0 Å². The molecule has 1 aromatic carbocycles. The summed E-state index contributed by atoms with van der Waals surface area (Å²) in [7, 11) is 3.50. The molecule has 0 bridgehead atoms. The average molecular weight is 257 g/mol. The molecule has 0 aromatic heterocycles. The number of unbranched alkanes of at least 4 members (excludes halogenated alkanes) is 1. The summed E-state index contributed by atoms with van der Waals surface area (Å²) in [5.41, 5.74) is 1.52. The Labute approximate surface area is 114 Å². The highest BCUT2D eigenvalue weighted by Gasteiger charge is 2.01. The van der Waals surface area contributed by atoms with E-state index in [4.69, 9.17) is 0 Å². The van der Waals surface area contributed by atoms with Crippen LogP contribution in [0.2, 0.25) is 0 Å². The molecule has 0 spiro atoms. The zero-order chi connectivity index (χ0) is 14.3. The van der Waals surface area contributed by atoms with Crippen molar-refractivity contribution in [3.05, 3.63) is 35.4 Å². The van der Waals surface area contributed by atoms with Crippen molar-refractivity contribution < 1.29 is 9.59 Å². The molecule has 0 aliphatic rings. The van der Waals surface area contributed by atoms with E-state index >= 15 is 0 Å². The van der Waals surface area contributed by atoms with Crippen LogP contribution in [0.25, 0.3) is 0 Å². The Morgan fingerprint density at radius 3 is 2.63 bits per heavy atom. The number of carbonyl (C=O) groups is 2. The van der Waals surface area contributed by atoms with Gasteiger partial charge in [0, 0.05) is 38.1 Å². The minimum absolute atomic E-state index is 0.0419. The van der Waals surface area contributed by atoms with E-state index in [-0.39, 0.29) is 11.7 Å². The van der Waals surface area contributed by atoms with Gasteiger partial charge in [0.25, 0.3) is 0 Å². The summed E-state index contributed by atoms with van der Waals surface area (Å²) in [4.78, 5) is 24.1. The van der Waals surface area contributed by atoms with Gasteiger partial charge in [-0.25, -0.2) is 0 Å². The first-order valence-electron chi connectivity index (χ1n) is 6.30. The maximum Gasteiger partial charge on any atom is 0.222 e. The topological polar surface area (TPSA) is 37.4 Å². The number of hydrogen-bond acceptors (Lipinski definition) is 2. The zero-order valence-corrected chi connectivity index (χ0v) is 11.7. The van der Waals surface area contributed by atoms with Crippen molar-refractivity contribution in [1.82, 2.24) is 4.90 Å². The maximum absolute atomic E-state index is 11.3. The van der Waals surface area contributed by atoms with Gasteiger partial charge < -0.3 is 4.90 Å². The highest BCUT2D eigenvalue weighted by Crippen LogP contribution is 2.05. The van der Waals surface area contributed by atoms with Gasteiger partial charge in [0.05, 0.1) is 0 Å². The second kappa shape index (κ2) is 7.38. The Morgan fingerprint density at radius 1 is 1.26 bits per heavy atom. The van der Waals surface area contributed by atoms with Gasteiger partial charge in [-0.3, -0.25) is 9.59 Å². The predicted molar refractivity (Wildman–Crippen MR) is 75.9 cm³/mol. The molecule has 1 amide bonds. The molecule has 0 saturated carbocycles. The van der Waals surface area contributed by atoms with Crippen LogP contribution in [-0.4, -0.2) is 30.7 Å². The van der Waals surface area contributed by atoms with E-state index in [1.165, 1.54) is 0 Å². The van der Waals surface area contributed by atoms with Crippen molar-refractivity contribution in [2.75, 3.05) is 14.1 Å². The third kappa shape index (κ3) is 5.39. The Bertz CT molecular complexity index is 521. The van der Waals surface area contributed by atoms with Crippen molar-refractivity contribution >= 4 is 11.7 Å². The summed E-state index contributed by atoms with van der Waals surface area (Å²) < 4.78 is 0. The molecule has 3 nitrogen and oxygen atoms in total. The van der Waals surface area contributed by atoms with E-state index in [9.17, 15) is 9.59 Å². The molecule has 0 radical (unpaired) electrons. The quantitative estimate of drug-likeness (QED) is 0.472. The van der Waals surface area contributed by atoms with E-state index in [0.29, 0.717) is 18.4 Å². The number of rotatable bonds is 4. The third-order valence-corrected chi connectivity index (χ3v) is 2.69. The molecule has 0 atom stereocenters. The van der Waals surface area contributed by atoms with Crippen LogP contribution >= 0.6 is 0 Å². The fourth-order valence-electron chi connectivity index (χ4n) is 1.53. The molecule has 0 saturated heterocycles. The Hall–Kier alpha value is -2.08. The van der Waals surface area contributed by atoms with Gasteiger partial charge in [-0.1, -0.05) is 24.0 Å². The minimum atomic E-state index is 0.0419. The van der Waals surface area contributed by atoms with Crippen molar-refractivity contribution in [2.24, 2.45) is 0 Å². The Morgan fingerprint density at radius 2 is 2.00 bits per heavy atom. The molecule has 1 rings (SSSR count). The molecule has 0 unspecified atom stereocenters. The molecule has 0 fully saturated rings. The number of amides is 1. The van der Waals surface area contributed by atoms with Crippen LogP contribution in [0.3, 0.4) is 0 Å². The van der Waals surface area contributed by atoms with Crippen molar-refractivity contribution in [1.29, 1.82) is 0 Å². The fraction of sp³-hybridized carbons (Fsp3) is 0.375. The summed E-state index contributed by atoms with van der Waals surface area (Å²) in [6, 6.07) is 7.28. The van der Waals surface area contributed by atoms with Crippen LogP contribution < -0.4 is 0 Å². The van der Waals surface area contributed by atoms with Crippen LogP contribution in [0.15, 0.2) is 24.3 Å². The van der Waals surface area contributed by atoms with E-state index in [2.05, 4.69) is 11.8 Å². The molecule has 0 aliphatic carbocycles. The fourth-order valence-corrected chi connectivity index (χ4v) is 1.53. The summed E-state index contributed by atoms with van der Waals surface area (Å²) in [6.07, 6.45) is 1.97. The lowest BCUT2D eigenvalue weighted by Crippen LogP contribution is -2.20. The monoisotopic (exact) mass is 257 g/mol. The molecule has 0 heterocycles. The SMILES string of the molecule is CC(=O)c1cccc(C#CCCCC(=O)N(C)C)c1. The summed E-state index contributed by atoms with van der Waals surface area (Å²) in [6.45, 7) is 1.54. The Balaban J connectivity index is 2.48. The van der Waals surface area contributed by atoms with Gasteiger partial charge in [-0.05, 0) is 25.5 Å². The van der Waals surface area contributed by atoms with Gasteiger partial charge in [0.15, 0.2) is 5.78 Å². The lowest BCUT2D eigenvalue weighted by Gasteiger charge is -2.08. The highest BCUT2D eigenvalue weighted by atomic mass is 16.2. The zero-order valence-electron chi connectivity index (χ0n) is 11.7. The first kappa shape index (κ1) is 15.0. The van der Waals surface area contributed by atoms with E-state index in [1.807, 2.05) is 12.1 Å². The minimum Gasteiger partial charge on any atom is -0.349 e. The normalized spacial score (nSPS) is 9.42. The predicted octanol–water partition coefficient (Wildman–Crippen LogP) is 2.50. The standard InChI is InChI=1S/C16H19NO2/c1-13(18)15-10-7-9-14(12-15)8-5-4-6-11-16(19)17(2)3/h7,9-10,12H,4,6,11H2,1-3H3. The van der Waals surface area contributed by atoms with Crippen molar-refractivity contribution in [3.8, 4) is 11.8 Å². The van der Waals surface area contributed by atoms with Crippen LogP contribution in [0, 0.1) is 11.8 Å². The molecule has 1 aromatic rings. The first-order chi connectivity index (χ1) is 9.00. The second-order valence-corrected chi connectivity index (χ2v) is 4.58. The molecule has 0 aliphatic heterocycles. The molecular weight excluding hydrogens is 238 g/mol. The molecule has 0 N–H and O–H groups in total. The second-order valence-electron chi connectivity index (χ2n) is 4.58. The summed E-state index contributed by atoms with van der Waals surface area (Å²) in [5.74, 6) is 6.21. The summed E-state index contributed by atoms with van der Waals surface area (Å²) in [5, 5.41) is 0. The number of benzene rings is 1. The number of carbonyl (C=O) groups excluding carboxylic acids is 2. The van der Waals surface area contributed by atoms with Crippen LogP contribution in [0.5, 0.6) is 0 Å². The van der Waals surface area contributed by atoms with Gasteiger partial charge in [-0.15, -0.1) is 0 Å². The highest BCUT2D eigenvalue weighted by molar-refractivity contribution is 5.94. The van der Waals surface area contributed by atoms with E-state index in [1.54, 1.807) is 38.1 Å². The third-order valence-electron chi connectivity index (χ3n) is 2.69. The van der Waals surface area contributed by atoms with Gasteiger partial charge in [0.1, 0.15) is 0 Å². The van der Waals surface area contributed by atoms with Crippen LogP contribution in [-0.2, 0) is 4.79 Å².